The van der Waals surface area contributed by atoms with Crippen LogP contribution in [0.5, 0.6) is 0 Å². The zero-order valence-electron chi connectivity index (χ0n) is 17.4. The Labute approximate surface area is 173 Å². The second kappa shape index (κ2) is 6.51. The van der Waals surface area contributed by atoms with Gasteiger partial charge in [-0.2, -0.15) is 5.10 Å². The summed E-state index contributed by atoms with van der Waals surface area (Å²) in [5.74, 6) is 0.109. The molecule has 5 heterocycles. The van der Waals surface area contributed by atoms with Crippen molar-refractivity contribution in [1.29, 1.82) is 0 Å². The fourth-order valence-electron chi connectivity index (χ4n) is 3.84. The molecule has 0 radical (unpaired) electrons. The monoisotopic (exact) mass is 405 g/mol. The smallest absolute Gasteiger partial charge is 0.312 e. The summed E-state index contributed by atoms with van der Waals surface area (Å²) in [5.41, 5.74) is 4.21. The summed E-state index contributed by atoms with van der Waals surface area (Å²) >= 11 is 0. The fraction of sp³-hybridized carbons (Fsp3) is 0.381. The van der Waals surface area contributed by atoms with Crippen LogP contribution in [0.2, 0.25) is 0 Å². The highest BCUT2D eigenvalue weighted by atomic mass is 16.4. The van der Waals surface area contributed by atoms with E-state index in [9.17, 15) is 4.79 Å². The maximum atomic E-state index is 13.4. The number of aromatic nitrogens is 6. The quantitative estimate of drug-likeness (QED) is 0.550. The van der Waals surface area contributed by atoms with E-state index in [0.29, 0.717) is 18.9 Å². The molecule has 30 heavy (non-hydrogen) atoms. The van der Waals surface area contributed by atoms with Gasteiger partial charge in [-0.05, 0) is 25.1 Å². The van der Waals surface area contributed by atoms with Crippen LogP contribution in [-0.2, 0) is 11.8 Å². The van der Waals surface area contributed by atoms with Crippen molar-refractivity contribution in [3.8, 4) is 0 Å². The molecule has 1 amide bonds. The number of nitrogens with zero attached hydrogens (tertiary/aromatic N) is 6. The third-order valence-corrected chi connectivity index (χ3v) is 5.41. The van der Waals surface area contributed by atoms with Gasteiger partial charge in [0.25, 0.3) is 0 Å². The predicted octanol–water partition coefficient (Wildman–Crippen LogP) is 2.83. The Morgan fingerprint density at radius 2 is 2.10 bits per heavy atom. The number of carbonyl (C=O) groups excluding carboxylic acids is 1. The normalized spacial score (nSPS) is 16.8. The first-order valence-corrected chi connectivity index (χ1v) is 9.95. The summed E-state index contributed by atoms with van der Waals surface area (Å²) in [4.78, 5) is 22.8. The molecule has 154 valence electrons. The number of hydrogen-bond donors (Lipinski definition) is 1. The molecule has 4 aromatic heterocycles. The van der Waals surface area contributed by atoms with Gasteiger partial charge in [-0.15, -0.1) is 10.2 Å². The Hall–Kier alpha value is -3.49. The Balaban J connectivity index is 1.59. The molecule has 0 aromatic carbocycles. The number of imidazole rings is 1. The Bertz CT molecular complexity index is 1240. The van der Waals surface area contributed by atoms with Gasteiger partial charge in [0.15, 0.2) is 0 Å². The van der Waals surface area contributed by atoms with Crippen LogP contribution in [0, 0.1) is 6.92 Å². The highest BCUT2D eigenvalue weighted by Crippen LogP contribution is 2.34. The third kappa shape index (κ3) is 2.89. The van der Waals surface area contributed by atoms with Gasteiger partial charge in [0, 0.05) is 29.8 Å². The molecule has 0 spiro atoms. The molecular formula is C21H23N7O2. The lowest BCUT2D eigenvalue weighted by molar-refractivity contribution is 0.0642. The average molecular weight is 405 g/mol. The number of aromatic amines is 1. The van der Waals surface area contributed by atoms with Crippen LogP contribution in [-0.4, -0.2) is 47.1 Å². The minimum atomic E-state index is -0.434. The molecule has 5 rings (SSSR count). The van der Waals surface area contributed by atoms with Gasteiger partial charge >= 0.3 is 11.8 Å². The molecule has 9 heteroatoms. The maximum absolute atomic E-state index is 13.4. The minimum absolute atomic E-state index is 0.0103. The second-order valence-electron chi connectivity index (χ2n) is 8.65. The van der Waals surface area contributed by atoms with Crippen molar-refractivity contribution >= 4 is 11.4 Å². The first-order chi connectivity index (χ1) is 14.3. The van der Waals surface area contributed by atoms with Gasteiger partial charge < -0.3 is 14.3 Å². The summed E-state index contributed by atoms with van der Waals surface area (Å²) in [7, 11) is 0. The summed E-state index contributed by atoms with van der Waals surface area (Å²) in [6, 6.07) is 7.55. The van der Waals surface area contributed by atoms with Crippen molar-refractivity contribution in [3.63, 3.8) is 0 Å². The van der Waals surface area contributed by atoms with Crippen LogP contribution in [0.15, 0.2) is 35.0 Å². The third-order valence-electron chi connectivity index (χ3n) is 5.41. The fourth-order valence-corrected chi connectivity index (χ4v) is 3.84. The molecule has 0 aliphatic carbocycles. The molecule has 0 unspecified atom stereocenters. The molecule has 4 aromatic rings. The van der Waals surface area contributed by atoms with Crippen LogP contribution >= 0.6 is 0 Å². The molecule has 1 N–H and O–H groups in total. The van der Waals surface area contributed by atoms with Crippen LogP contribution in [0.25, 0.3) is 5.52 Å². The van der Waals surface area contributed by atoms with E-state index in [4.69, 9.17) is 9.52 Å². The van der Waals surface area contributed by atoms with Crippen LogP contribution in [0.3, 0.4) is 0 Å². The number of fused-ring (bicyclic) bond motifs is 2. The number of aryl methyl sites for hydroxylation is 1. The van der Waals surface area contributed by atoms with E-state index in [1.807, 2.05) is 56.5 Å². The predicted molar refractivity (Wildman–Crippen MR) is 108 cm³/mol. The molecular weight excluding hydrogens is 382 g/mol. The lowest BCUT2D eigenvalue weighted by Gasteiger charge is -2.32. The Kier molecular flexibility index (Phi) is 4.02. The first-order valence-electron chi connectivity index (χ1n) is 9.95. The Morgan fingerprint density at radius 1 is 1.27 bits per heavy atom. The molecule has 0 bridgehead atoms. The van der Waals surface area contributed by atoms with Gasteiger partial charge in [-0.1, -0.05) is 26.8 Å². The van der Waals surface area contributed by atoms with E-state index in [2.05, 4.69) is 20.2 Å². The van der Waals surface area contributed by atoms with Crippen molar-refractivity contribution in [2.75, 3.05) is 6.54 Å². The molecule has 1 atom stereocenters. The van der Waals surface area contributed by atoms with Crippen molar-refractivity contribution < 1.29 is 9.21 Å². The summed E-state index contributed by atoms with van der Waals surface area (Å²) in [5, 5.41) is 12.9. The summed E-state index contributed by atoms with van der Waals surface area (Å²) in [6.45, 7) is 8.40. The van der Waals surface area contributed by atoms with E-state index in [1.54, 1.807) is 11.2 Å². The number of carbonyl (C=O) groups is 1. The van der Waals surface area contributed by atoms with Crippen molar-refractivity contribution in [3.05, 3.63) is 65.1 Å². The number of rotatable bonds is 2. The second-order valence-corrected chi connectivity index (χ2v) is 8.65. The van der Waals surface area contributed by atoms with Gasteiger partial charge in [0.1, 0.15) is 6.04 Å². The molecule has 1 aliphatic heterocycles. The van der Waals surface area contributed by atoms with E-state index in [0.717, 1.165) is 28.3 Å². The SMILES string of the molecule is Cc1cccc2cc([C@@H]3c4nc[nH]c4CCN3C(=O)c3nnc(C(C)(C)C)o3)nn12. The van der Waals surface area contributed by atoms with Crippen LogP contribution in [0.1, 0.15) is 66.2 Å². The molecule has 9 nitrogen and oxygen atoms in total. The summed E-state index contributed by atoms with van der Waals surface area (Å²) < 4.78 is 7.61. The number of H-pyrrole nitrogens is 1. The largest absolute Gasteiger partial charge is 0.416 e. The Morgan fingerprint density at radius 3 is 2.83 bits per heavy atom. The zero-order chi connectivity index (χ0) is 21.0. The lowest BCUT2D eigenvalue weighted by Crippen LogP contribution is -2.41. The zero-order valence-corrected chi connectivity index (χ0v) is 17.4. The van der Waals surface area contributed by atoms with Crippen LogP contribution in [0.4, 0.5) is 0 Å². The molecule has 0 saturated heterocycles. The molecule has 0 saturated carbocycles. The molecule has 0 fully saturated rings. The topological polar surface area (TPSA) is 105 Å². The summed E-state index contributed by atoms with van der Waals surface area (Å²) in [6.07, 6.45) is 2.33. The number of amides is 1. The van der Waals surface area contributed by atoms with Crippen molar-refractivity contribution in [2.24, 2.45) is 0 Å². The lowest BCUT2D eigenvalue weighted by atomic mass is 9.97. The van der Waals surface area contributed by atoms with Gasteiger partial charge in [0.2, 0.25) is 5.89 Å². The van der Waals surface area contributed by atoms with Crippen molar-refractivity contribution in [1.82, 2.24) is 34.7 Å². The van der Waals surface area contributed by atoms with E-state index < -0.39 is 6.04 Å². The van der Waals surface area contributed by atoms with Gasteiger partial charge in [-0.3, -0.25) is 4.79 Å². The van der Waals surface area contributed by atoms with Crippen LogP contribution < -0.4 is 0 Å². The highest BCUT2D eigenvalue weighted by Gasteiger charge is 2.38. The average Bonchev–Trinajstić information content (AvgIpc) is 3.44. The minimum Gasteiger partial charge on any atom is -0.416 e. The van der Waals surface area contributed by atoms with E-state index >= 15 is 0 Å². The van der Waals surface area contributed by atoms with Gasteiger partial charge in [0.05, 0.1) is 23.2 Å². The number of hydrogen-bond acceptors (Lipinski definition) is 6. The number of nitrogens with one attached hydrogen (secondary N) is 1. The van der Waals surface area contributed by atoms with Crippen molar-refractivity contribution in [2.45, 2.75) is 45.6 Å². The standard InChI is InChI=1S/C21H23N7O2/c1-12-6-5-7-13-10-15(26-28(12)13)17-16-14(22-11-23-16)8-9-27(17)19(29)18-24-25-20(30-18)21(2,3)4/h5-7,10-11,17H,8-9H2,1-4H3,(H,22,23)/t17-/m1/s1. The van der Waals surface area contributed by atoms with E-state index in [-0.39, 0.29) is 17.2 Å². The highest BCUT2D eigenvalue weighted by molar-refractivity contribution is 5.90. The number of pyridine rings is 1. The maximum Gasteiger partial charge on any atom is 0.312 e. The van der Waals surface area contributed by atoms with E-state index in [1.165, 1.54) is 0 Å². The first kappa shape index (κ1) is 18.5. The van der Waals surface area contributed by atoms with Gasteiger partial charge in [-0.25, -0.2) is 9.50 Å². The molecule has 1 aliphatic rings.